The fraction of sp³-hybridized carbons (Fsp3) is 0.700. The molecule has 1 amide bonds. The van der Waals surface area contributed by atoms with Crippen LogP contribution in [0.2, 0.25) is 0 Å². The summed E-state index contributed by atoms with van der Waals surface area (Å²) < 4.78 is 0. The molecule has 2 rings (SSSR count). The van der Waals surface area contributed by atoms with Gasteiger partial charge in [0.05, 0.1) is 0 Å². The Morgan fingerprint density at radius 2 is 1.92 bits per heavy atom. The van der Waals surface area contributed by atoms with Crippen molar-refractivity contribution in [1.29, 1.82) is 0 Å². The highest BCUT2D eigenvalue weighted by molar-refractivity contribution is 5.93. The van der Waals surface area contributed by atoms with Crippen molar-refractivity contribution in [1.82, 2.24) is 0 Å². The van der Waals surface area contributed by atoms with E-state index in [1.165, 1.54) is 32.1 Å². The van der Waals surface area contributed by atoms with Crippen LogP contribution in [-0.4, -0.2) is 5.91 Å². The maximum Gasteiger partial charge on any atom is 0.244 e. The molecule has 0 aromatic carbocycles. The van der Waals surface area contributed by atoms with E-state index in [1.807, 2.05) is 0 Å². The summed E-state index contributed by atoms with van der Waals surface area (Å²) in [5.74, 6) is -0.216. The molecule has 0 radical (unpaired) electrons. The van der Waals surface area contributed by atoms with E-state index in [2.05, 4.69) is 6.08 Å². The number of hydrogen-bond acceptors (Lipinski definition) is 1. The zero-order valence-electron chi connectivity index (χ0n) is 7.31. The van der Waals surface area contributed by atoms with Gasteiger partial charge in [-0.3, -0.25) is 4.79 Å². The monoisotopic (exact) mass is 165 g/mol. The average molecular weight is 165 g/mol. The topological polar surface area (TPSA) is 43.1 Å². The van der Waals surface area contributed by atoms with E-state index in [-0.39, 0.29) is 5.91 Å². The standard InChI is InChI=1S/C10H15NO/c11-9(12)8-6-10(7-8)4-2-1-3-5-10/h6H,1-5,7H2,(H2,11,12). The zero-order chi connectivity index (χ0) is 8.60. The molecular weight excluding hydrogens is 150 g/mol. The molecule has 2 heteroatoms. The molecule has 1 saturated carbocycles. The van der Waals surface area contributed by atoms with Crippen LogP contribution >= 0.6 is 0 Å². The van der Waals surface area contributed by atoms with Gasteiger partial charge in [0, 0.05) is 5.57 Å². The van der Waals surface area contributed by atoms with Crippen molar-refractivity contribution in [2.24, 2.45) is 11.1 Å². The van der Waals surface area contributed by atoms with E-state index in [0.29, 0.717) is 5.41 Å². The van der Waals surface area contributed by atoms with E-state index < -0.39 is 0 Å². The maximum absolute atomic E-state index is 10.8. The lowest BCUT2D eigenvalue weighted by Gasteiger charge is -2.41. The Hall–Kier alpha value is -0.790. The van der Waals surface area contributed by atoms with Crippen LogP contribution in [-0.2, 0) is 4.79 Å². The van der Waals surface area contributed by atoms with Crippen molar-refractivity contribution in [2.75, 3.05) is 0 Å². The molecule has 66 valence electrons. The van der Waals surface area contributed by atoms with E-state index in [0.717, 1.165) is 12.0 Å². The van der Waals surface area contributed by atoms with Crippen LogP contribution in [0.25, 0.3) is 0 Å². The van der Waals surface area contributed by atoms with Crippen molar-refractivity contribution in [3.05, 3.63) is 11.6 Å². The number of allylic oxidation sites excluding steroid dienone is 1. The molecule has 12 heavy (non-hydrogen) atoms. The van der Waals surface area contributed by atoms with Crippen molar-refractivity contribution in [3.8, 4) is 0 Å². The van der Waals surface area contributed by atoms with Crippen LogP contribution in [0.5, 0.6) is 0 Å². The second kappa shape index (κ2) is 2.61. The summed E-state index contributed by atoms with van der Waals surface area (Å²) in [6.45, 7) is 0. The number of carbonyl (C=O) groups is 1. The number of hydrogen-bond donors (Lipinski definition) is 1. The van der Waals surface area contributed by atoms with Crippen molar-refractivity contribution >= 4 is 5.91 Å². The van der Waals surface area contributed by atoms with E-state index >= 15 is 0 Å². The predicted molar refractivity (Wildman–Crippen MR) is 47.4 cm³/mol. The fourth-order valence-corrected chi connectivity index (χ4v) is 2.46. The summed E-state index contributed by atoms with van der Waals surface area (Å²) in [6.07, 6.45) is 9.61. The fourth-order valence-electron chi connectivity index (χ4n) is 2.46. The zero-order valence-corrected chi connectivity index (χ0v) is 7.31. The normalized spacial score (nSPS) is 26.2. The van der Waals surface area contributed by atoms with Gasteiger partial charge < -0.3 is 5.73 Å². The van der Waals surface area contributed by atoms with Crippen LogP contribution < -0.4 is 5.73 Å². The molecule has 2 aliphatic carbocycles. The summed E-state index contributed by atoms with van der Waals surface area (Å²) in [4.78, 5) is 10.8. The first-order valence-corrected chi connectivity index (χ1v) is 4.73. The number of primary amides is 1. The van der Waals surface area contributed by atoms with Gasteiger partial charge in [-0.2, -0.15) is 0 Å². The molecule has 0 saturated heterocycles. The number of nitrogens with two attached hydrogens (primary N) is 1. The highest BCUT2D eigenvalue weighted by Gasteiger charge is 2.39. The predicted octanol–water partition coefficient (Wildman–Crippen LogP) is 1.75. The van der Waals surface area contributed by atoms with Crippen LogP contribution in [0.4, 0.5) is 0 Å². The third kappa shape index (κ3) is 1.15. The smallest absolute Gasteiger partial charge is 0.244 e. The van der Waals surface area contributed by atoms with Crippen molar-refractivity contribution in [2.45, 2.75) is 38.5 Å². The first kappa shape index (κ1) is 7.84. The average Bonchev–Trinajstić information content (AvgIpc) is 2.01. The molecule has 2 nitrogen and oxygen atoms in total. The third-order valence-corrected chi connectivity index (χ3v) is 3.19. The molecule has 0 bridgehead atoms. The Morgan fingerprint density at radius 3 is 2.42 bits per heavy atom. The second-order valence-corrected chi connectivity index (χ2v) is 4.13. The van der Waals surface area contributed by atoms with Gasteiger partial charge >= 0.3 is 0 Å². The minimum Gasteiger partial charge on any atom is -0.366 e. The summed E-state index contributed by atoms with van der Waals surface area (Å²) in [6, 6.07) is 0. The summed E-state index contributed by atoms with van der Waals surface area (Å²) >= 11 is 0. The van der Waals surface area contributed by atoms with Crippen molar-refractivity contribution < 1.29 is 4.79 Å². The van der Waals surface area contributed by atoms with E-state index in [1.54, 1.807) is 0 Å². The maximum atomic E-state index is 10.8. The van der Waals surface area contributed by atoms with Gasteiger partial charge in [0.25, 0.3) is 0 Å². The highest BCUT2D eigenvalue weighted by atomic mass is 16.1. The van der Waals surface area contributed by atoms with Crippen LogP contribution in [0.3, 0.4) is 0 Å². The Balaban J connectivity index is 2.04. The number of rotatable bonds is 1. The first-order chi connectivity index (χ1) is 5.72. The molecule has 0 aliphatic heterocycles. The molecule has 0 atom stereocenters. The van der Waals surface area contributed by atoms with Gasteiger partial charge in [-0.1, -0.05) is 25.3 Å². The molecule has 1 spiro atoms. The Kier molecular flexibility index (Phi) is 1.71. The quantitative estimate of drug-likeness (QED) is 0.632. The molecular formula is C10H15NO. The molecule has 1 fully saturated rings. The Bertz CT molecular complexity index is 236. The highest BCUT2D eigenvalue weighted by Crippen LogP contribution is 2.49. The summed E-state index contributed by atoms with van der Waals surface area (Å²) in [7, 11) is 0. The lowest BCUT2D eigenvalue weighted by atomic mass is 9.63. The van der Waals surface area contributed by atoms with Gasteiger partial charge in [0.2, 0.25) is 5.91 Å². The lowest BCUT2D eigenvalue weighted by molar-refractivity contribution is -0.115. The molecule has 0 aromatic heterocycles. The van der Waals surface area contributed by atoms with Crippen LogP contribution in [0, 0.1) is 5.41 Å². The third-order valence-electron chi connectivity index (χ3n) is 3.19. The Morgan fingerprint density at radius 1 is 1.33 bits per heavy atom. The van der Waals surface area contributed by atoms with E-state index in [9.17, 15) is 4.79 Å². The van der Waals surface area contributed by atoms with Gasteiger partial charge in [0.1, 0.15) is 0 Å². The molecule has 0 heterocycles. The van der Waals surface area contributed by atoms with Gasteiger partial charge in [-0.05, 0) is 24.7 Å². The van der Waals surface area contributed by atoms with E-state index in [4.69, 9.17) is 5.73 Å². The minimum absolute atomic E-state index is 0.216. The molecule has 0 unspecified atom stereocenters. The van der Waals surface area contributed by atoms with Gasteiger partial charge in [-0.25, -0.2) is 0 Å². The van der Waals surface area contributed by atoms with Gasteiger partial charge in [0.15, 0.2) is 0 Å². The molecule has 0 aromatic rings. The lowest BCUT2D eigenvalue weighted by Crippen LogP contribution is -2.34. The number of carbonyl (C=O) groups excluding carboxylic acids is 1. The first-order valence-electron chi connectivity index (χ1n) is 4.73. The second-order valence-electron chi connectivity index (χ2n) is 4.13. The van der Waals surface area contributed by atoms with Gasteiger partial charge in [-0.15, -0.1) is 0 Å². The van der Waals surface area contributed by atoms with Crippen LogP contribution in [0.1, 0.15) is 38.5 Å². The van der Waals surface area contributed by atoms with Crippen LogP contribution in [0.15, 0.2) is 11.6 Å². The molecule has 2 aliphatic rings. The van der Waals surface area contributed by atoms with Crippen molar-refractivity contribution in [3.63, 3.8) is 0 Å². The molecule has 2 N–H and O–H groups in total. The minimum atomic E-state index is -0.216. The summed E-state index contributed by atoms with van der Waals surface area (Å²) in [5, 5.41) is 0. The summed E-state index contributed by atoms with van der Waals surface area (Å²) in [5.41, 5.74) is 6.43. The Labute approximate surface area is 72.8 Å². The SMILES string of the molecule is NC(=O)C1=CC2(CCCCC2)C1. The largest absolute Gasteiger partial charge is 0.366 e. The number of amides is 1.